The van der Waals surface area contributed by atoms with Crippen molar-refractivity contribution in [3.8, 4) is 0 Å². The Hall–Kier alpha value is -2.10. The Bertz CT molecular complexity index is 1440. The molecule has 0 heterocycles. The summed E-state index contributed by atoms with van der Waals surface area (Å²) in [6, 6.07) is 0.0281. The van der Waals surface area contributed by atoms with Crippen LogP contribution in [0.5, 0.6) is 0 Å². The van der Waals surface area contributed by atoms with E-state index in [2.05, 4.69) is 20.1 Å². The van der Waals surface area contributed by atoms with Crippen LogP contribution in [0.15, 0.2) is 30.4 Å². The minimum atomic E-state index is -0.697. The number of hydrogen-bond acceptors (Lipinski definition) is 9. The normalized spacial score (nSPS) is 31.4. The predicted octanol–water partition coefficient (Wildman–Crippen LogP) is 18.0. The van der Waals surface area contributed by atoms with Crippen molar-refractivity contribution in [1.82, 2.24) is 0 Å². The van der Waals surface area contributed by atoms with Gasteiger partial charge in [0, 0.05) is 29.7 Å². The maximum Gasteiger partial charge on any atom is 0.235 e. The van der Waals surface area contributed by atoms with E-state index >= 15 is 0 Å². The summed E-state index contributed by atoms with van der Waals surface area (Å²) < 4.78 is 0. The zero-order valence-corrected chi connectivity index (χ0v) is 45.6. The Kier molecular flexibility index (Phi) is 30.9. The number of nitrogens with zero attached hydrogens (tertiary/aromatic N) is 7. The summed E-state index contributed by atoms with van der Waals surface area (Å²) in [7, 11) is 0. The Labute approximate surface area is 429 Å². The Morgan fingerprint density at radius 1 is 0.443 bits per heavy atom. The summed E-state index contributed by atoms with van der Waals surface area (Å²) in [6.07, 6.45) is 58.6. The quantitative estimate of drug-likeness (QED) is 0.0222. The number of unbranched alkanes of at least 4 members (excludes halogenated alkanes) is 22. The molecular weight excluding hydrogens is 867 g/mol. The van der Waals surface area contributed by atoms with Crippen molar-refractivity contribution in [1.29, 1.82) is 0 Å². The standard InChI is InChI=1S/C60H109N7O3/c1-3-5-7-9-11-13-15-17-19-21-23-25-28-49-32-36-53(37-33-49)63-65-56-31-27-30-51(44-56)47-61-55-40-42-59(67(69)70)58(46-55)62-48-52-45-57(41-43-60(52)68)66-64-54-38-34-50(35-39-54)29-26-24-22-20-18-16-14-12-10-8-6-4-2/h47-60,68H,3-46H2,1-2H3. The molecule has 0 aliphatic heterocycles. The van der Waals surface area contributed by atoms with Gasteiger partial charge in [-0.25, -0.2) is 0 Å². The highest BCUT2D eigenvalue weighted by Gasteiger charge is 2.39. The van der Waals surface area contributed by atoms with Crippen molar-refractivity contribution in [3.05, 3.63) is 10.1 Å². The van der Waals surface area contributed by atoms with Gasteiger partial charge in [0.05, 0.1) is 36.3 Å². The van der Waals surface area contributed by atoms with Crippen LogP contribution in [0.4, 0.5) is 0 Å². The van der Waals surface area contributed by atoms with Gasteiger partial charge in [-0.1, -0.05) is 187 Å². The van der Waals surface area contributed by atoms with Crippen LogP contribution in [0.1, 0.15) is 296 Å². The first-order valence-electron chi connectivity index (χ1n) is 31.1. The first kappa shape index (κ1) is 58.8. The minimum Gasteiger partial charge on any atom is -0.392 e. The number of aliphatic hydroxyl groups excluding tert-OH is 1. The van der Waals surface area contributed by atoms with Crippen molar-refractivity contribution in [2.75, 3.05) is 0 Å². The monoisotopic (exact) mass is 976 g/mol. The fraction of sp³-hybridized carbons (Fsp3) is 0.967. The van der Waals surface area contributed by atoms with Crippen LogP contribution in [0, 0.1) is 33.8 Å². The highest BCUT2D eigenvalue weighted by Crippen LogP contribution is 2.35. The molecule has 5 fully saturated rings. The summed E-state index contributed by atoms with van der Waals surface area (Å²) in [5.74, 6) is 1.99. The average Bonchev–Trinajstić information content (AvgIpc) is 3.38. The van der Waals surface area contributed by atoms with Gasteiger partial charge >= 0.3 is 0 Å². The number of nitro groups is 1. The molecule has 1 N–H and O–H groups in total. The average molecular weight is 977 g/mol. The molecule has 8 unspecified atom stereocenters. The molecule has 402 valence electrons. The molecule has 5 saturated carbocycles. The molecule has 0 amide bonds. The first-order chi connectivity index (χ1) is 34.4. The molecule has 0 bridgehead atoms. The van der Waals surface area contributed by atoms with Gasteiger partial charge in [0.2, 0.25) is 6.04 Å². The molecule has 5 aliphatic rings. The molecule has 8 atom stereocenters. The SMILES string of the molecule is CCCCCCCCCCCCCCC1CCC(N=NC2CCCC(C=NC3CCC([N+](=O)[O-])C(N=CC4CC(N=NC5CCC(CCCCCCCCCCCCCC)CC5)CCC4O)C3)C2)CC1. The number of hydrogen-bond donors (Lipinski definition) is 1. The van der Waals surface area contributed by atoms with Crippen LogP contribution < -0.4 is 0 Å². The van der Waals surface area contributed by atoms with Crippen molar-refractivity contribution in [2.24, 2.45) is 54.1 Å². The lowest BCUT2D eigenvalue weighted by Crippen LogP contribution is -2.40. The molecule has 0 aromatic rings. The second-order valence-corrected chi connectivity index (χ2v) is 23.9. The van der Waals surface area contributed by atoms with Crippen LogP contribution in [-0.4, -0.2) is 70.9 Å². The second-order valence-electron chi connectivity index (χ2n) is 23.9. The van der Waals surface area contributed by atoms with E-state index in [9.17, 15) is 15.2 Å². The first-order valence-corrected chi connectivity index (χ1v) is 31.1. The number of rotatable bonds is 35. The number of azo groups is 2. The fourth-order valence-corrected chi connectivity index (χ4v) is 13.0. The van der Waals surface area contributed by atoms with Crippen LogP contribution >= 0.6 is 0 Å². The van der Waals surface area contributed by atoms with Crippen molar-refractivity contribution >= 4 is 12.4 Å². The van der Waals surface area contributed by atoms with Gasteiger partial charge in [-0.3, -0.25) is 20.1 Å². The summed E-state index contributed by atoms with van der Waals surface area (Å²) in [6.45, 7) is 4.59. The third-order valence-electron chi connectivity index (χ3n) is 17.9. The van der Waals surface area contributed by atoms with E-state index < -0.39 is 18.2 Å². The Morgan fingerprint density at radius 3 is 1.36 bits per heavy atom. The van der Waals surface area contributed by atoms with E-state index in [1.165, 1.54) is 205 Å². The maximum atomic E-state index is 12.2. The van der Waals surface area contributed by atoms with Crippen molar-refractivity contribution in [3.63, 3.8) is 0 Å². The molecule has 5 aliphatic carbocycles. The van der Waals surface area contributed by atoms with Crippen LogP contribution in [-0.2, 0) is 0 Å². The summed E-state index contributed by atoms with van der Waals surface area (Å²) in [4.78, 5) is 22.0. The van der Waals surface area contributed by atoms with Gasteiger partial charge in [-0.15, -0.1) is 0 Å². The summed E-state index contributed by atoms with van der Waals surface area (Å²) >= 11 is 0. The van der Waals surface area contributed by atoms with Crippen molar-refractivity contribution in [2.45, 2.75) is 345 Å². The highest BCUT2D eigenvalue weighted by atomic mass is 16.6. The molecule has 0 aromatic carbocycles. The largest absolute Gasteiger partial charge is 0.392 e. The third kappa shape index (κ3) is 24.8. The van der Waals surface area contributed by atoms with Gasteiger partial charge in [0.25, 0.3) is 0 Å². The molecule has 5 rings (SSSR count). The Morgan fingerprint density at radius 2 is 0.871 bits per heavy atom. The zero-order valence-electron chi connectivity index (χ0n) is 45.6. The molecule has 10 heteroatoms. The van der Waals surface area contributed by atoms with Crippen molar-refractivity contribution < 1.29 is 10.0 Å². The lowest BCUT2D eigenvalue weighted by molar-refractivity contribution is -0.528. The molecule has 0 radical (unpaired) electrons. The van der Waals surface area contributed by atoms with Gasteiger partial charge in [-0.2, -0.15) is 20.5 Å². The van der Waals surface area contributed by atoms with E-state index in [4.69, 9.17) is 30.4 Å². The third-order valence-corrected chi connectivity index (χ3v) is 17.9. The molecular formula is C60H109N7O3. The molecule has 0 spiro atoms. The van der Waals surface area contributed by atoms with E-state index in [1.807, 2.05) is 6.21 Å². The predicted molar refractivity (Wildman–Crippen MR) is 295 cm³/mol. The van der Waals surface area contributed by atoms with E-state index in [0.717, 1.165) is 63.2 Å². The van der Waals surface area contributed by atoms with E-state index in [1.54, 1.807) is 0 Å². The minimum absolute atomic E-state index is 0.0444. The summed E-state index contributed by atoms with van der Waals surface area (Å²) in [5, 5.41) is 42.8. The fourth-order valence-electron chi connectivity index (χ4n) is 13.0. The lowest BCUT2D eigenvalue weighted by atomic mass is 9.83. The zero-order chi connectivity index (χ0) is 49.3. The van der Waals surface area contributed by atoms with Gasteiger partial charge in [0.1, 0.15) is 6.04 Å². The maximum absolute atomic E-state index is 12.2. The smallest absolute Gasteiger partial charge is 0.235 e. The van der Waals surface area contributed by atoms with E-state index in [0.29, 0.717) is 43.7 Å². The van der Waals surface area contributed by atoms with Gasteiger partial charge in [-0.05, 0) is 120 Å². The summed E-state index contributed by atoms with van der Waals surface area (Å²) in [5.41, 5.74) is 0. The second kappa shape index (κ2) is 36.8. The lowest BCUT2D eigenvalue weighted by Gasteiger charge is -2.31. The number of aliphatic imine (C=N–C) groups is 2. The van der Waals surface area contributed by atoms with Crippen LogP contribution in [0.3, 0.4) is 0 Å². The Balaban J connectivity index is 0.932. The van der Waals surface area contributed by atoms with Gasteiger partial charge in [0.15, 0.2) is 0 Å². The highest BCUT2D eigenvalue weighted by molar-refractivity contribution is 5.62. The van der Waals surface area contributed by atoms with Crippen LogP contribution in [0.25, 0.3) is 0 Å². The van der Waals surface area contributed by atoms with Gasteiger partial charge < -0.3 is 5.11 Å². The topological polar surface area (TPSA) is 138 Å². The molecule has 0 aromatic heterocycles. The van der Waals surface area contributed by atoms with E-state index in [-0.39, 0.29) is 29.0 Å². The van der Waals surface area contributed by atoms with Crippen LogP contribution in [0.2, 0.25) is 0 Å². The molecule has 0 saturated heterocycles. The molecule has 70 heavy (non-hydrogen) atoms. The molecule has 10 nitrogen and oxygen atoms in total. The number of aliphatic hydroxyl groups is 1.